The number of ether oxygens (including phenoxy) is 1. The molecule has 1 aliphatic carbocycles. The SMILES string of the molecule is COC(=O)[C@@H]1CCC[C@H](c2ncc3c(Cl)nccn23)C1. The minimum Gasteiger partial charge on any atom is -0.469 e. The van der Waals surface area contributed by atoms with E-state index in [0.717, 1.165) is 37.0 Å². The van der Waals surface area contributed by atoms with E-state index in [1.54, 1.807) is 12.4 Å². The van der Waals surface area contributed by atoms with Gasteiger partial charge in [-0.25, -0.2) is 9.97 Å². The van der Waals surface area contributed by atoms with Gasteiger partial charge in [-0.2, -0.15) is 0 Å². The minimum absolute atomic E-state index is 0.0246. The maximum atomic E-state index is 11.7. The van der Waals surface area contributed by atoms with E-state index in [-0.39, 0.29) is 17.8 Å². The van der Waals surface area contributed by atoms with Gasteiger partial charge < -0.3 is 4.74 Å². The summed E-state index contributed by atoms with van der Waals surface area (Å²) in [5, 5.41) is 0.451. The van der Waals surface area contributed by atoms with Gasteiger partial charge in [0.05, 0.1) is 19.2 Å². The maximum absolute atomic E-state index is 11.7. The first-order valence-electron chi connectivity index (χ1n) is 6.76. The summed E-state index contributed by atoms with van der Waals surface area (Å²) in [5.74, 6) is 1.07. The number of hydrogen-bond donors (Lipinski definition) is 0. The first kappa shape index (κ1) is 13.4. The quantitative estimate of drug-likeness (QED) is 0.799. The van der Waals surface area contributed by atoms with Crippen LogP contribution in [0.4, 0.5) is 0 Å². The highest BCUT2D eigenvalue weighted by molar-refractivity contribution is 6.32. The Balaban J connectivity index is 1.91. The van der Waals surface area contributed by atoms with Crippen molar-refractivity contribution in [2.45, 2.75) is 31.6 Å². The number of nitrogens with zero attached hydrogens (tertiary/aromatic N) is 3. The fraction of sp³-hybridized carbons (Fsp3) is 0.500. The Morgan fingerprint density at radius 2 is 2.30 bits per heavy atom. The Labute approximate surface area is 121 Å². The zero-order valence-electron chi connectivity index (χ0n) is 11.3. The second-order valence-electron chi connectivity index (χ2n) is 5.17. The number of rotatable bonds is 2. The van der Waals surface area contributed by atoms with Gasteiger partial charge >= 0.3 is 5.97 Å². The van der Waals surface area contributed by atoms with Crippen LogP contribution in [0.5, 0.6) is 0 Å². The first-order valence-corrected chi connectivity index (χ1v) is 7.13. The Morgan fingerprint density at radius 3 is 3.10 bits per heavy atom. The number of imidazole rings is 1. The van der Waals surface area contributed by atoms with Crippen molar-refractivity contribution < 1.29 is 9.53 Å². The molecule has 0 saturated heterocycles. The van der Waals surface area contributed by atoms with Gasteiger partial charge in [0, 0.05) is 18.3 Å². The van der Waals surface area contributed by atoms with Crippen LogP contribution in [0.3, 0.4) is 0 Å². The van der Waals surface area contributed by atoms with E-state index in [1.165, 1.54) is 7.11 Å². The van der Waals surface area contributed by atoms with Crippen molar-refractivity contribution in [2.75, 3.05) is 7.11 Å². The fourth-order valence-electron chi connectivity index (χ4n) is 3.02. The molecule has 0 amide bonds. The largest absolute Gasteiger partial charge is 0.469 e. The van der Waals surface area contributed by atoms with Gasteiger partial charge in [0.2, 0.25) is 0 Å². The lowest BCUT2D eigenvalue weighted by Gasteiger charge is -2.26. The molecule has 2 aromatic heterocycles. The number of halogens is 1. The average Bonchev–Trinajstić information content (AvgIpc) is 2.92. The number of esters is 1. The monoisotopic (exact) mass is 293 g/mol. The van der Waals surface area contributed by atoms with E-state index >= 15 is 0 Å². The molecule has 1 aliphatic rings. The Morgan fingerprint density at radius 1 is 1.45 bits per heavy atom. The predicted octanol–water partition coefficient (Wildman–Crippen LogP) is 2.83. The molecular weight excluding hydrogens is 278 g/mol. The zero-order chi connectivity index (χ0) is 14.1. The molecule has 3 rings (SSSR count). The molecule has 5 nitrogen and oxygen atoms in total. The average molecular weight is 294 g/mol. The number of fused-ring (bicyclic) bond motifs is 1. The van der Waals surface area contributed by atoms with Crippen LogP contribution in [0.1, 0.15) is 37.4 Å². The van der Waals surface area contributed by atoms with E-state index in [4.69, 9.17) is 16.3 Å². The third kappa shape index (κ3) is 2.26. The van der Waals surface area contributed by atoms with Crippen LogP contribution >= 0.6 is 11.6 Å². The highest BCUT2D eigenvalue weighted by atomic mass is 35.5. The lowest BCUT2D eigenvalue weighted by Crippen LogP contribution is -2.24. The molecule has 0 unspecified atom stereocenters. The van der Waals surface area contributed by atoms with Crippen molar-refractivity contribution in [3.8, 4) is 0 Å². The lowest BCUT2D eigenvalue weighted by atomic mass is 9.81. The summed E-state index contributed by atoms with van der Waals surface area (Å²) in [5.41, 5.74) is 0.810. The van der Waals surface area contributed by atoms with Gasteiger partial charge in [-0.3, -0.25) is 9.20 Å². The minimum atomic E-state index is -0.115. The molecule has 2 atom stereocenters. The van der Waals surface area contributed by atoms with Crippen LogP contribution in [0.25, 0.3) is 5.52 Å². The molecule has 2 aromatic rings. The topological polar surface area (TPSA) is 56.5 Å². The number of methoxy groups -OCH3 is 1. The smallest absolute Gasteiger partial charge is 0.308 e. The van der Waals surface area contributed by atoms with Gasteiger partial charge in [-0.1, -0.05) is 18.0 Å². The second kappa shape index (κ2) is 5.40. The van der Waals surface area contributed by atoms with E-state index in [0.29, 0.717) is 5.15 Å². The van der Waals surface area contributed by atoms with E-state index < -0.39 is 0 Å². The fourth-order valence-corrected chi connectivity index (χ4v) is 3.22. The van der Waals surface area contributed by atoms with Crippen molar-refractivity contribution in [3.63, 3.8) is 0 Å². The summed E-state index contributed by atoms with van der Waals surface area (Å²) < 4.78 is 6.84. The van der Waals surface area contributed by atoms with Gasteiger partial charge in [0.15, 0.2) is 5.15 Å². The normalized spacial score (nSPS) is 22.9. The van der Waals surface area contributed by atoms with Crippen LogP contribution in [-0.4, -0.2) is 27.4 Å². The van der Waals surface area contributed by atoms with Crippen LogP contribution in [0, 0.1) is 5.92 Å². The Bertz CT molecular complexity index is 640. The molecular formula is C14H16ClN3O2. The van der Waals surface area contributed by atoms with Crippen LogP contribution in [0.15, 0.2) is 18.6 Å². The summed E-state index contributed by atoms with van der Waals surface area (Å²) in [4.78, 5) is 20.3. The van der Waals surface area contributed by atoms with Crippen molar-refractivity contribution in [2.24, 2.45) is 5.92 Å². The predicted molar refractivity (Wildman–Crippen MR) is 74.7 cm³/mol. The first-order chi connectivity index (χ1) is 9.70. The molecule has 0 aliphatic heterocycles. The zero-order valence-corrected chi connectivity index (χ0v) is 12.0. The molecule has 1 saturated carbocycles. The molecule has 106 valence electrons. The molecule has 0 spiro atoms. The third-order valence-corrected chi connectivity index (χ3v) is 4.31. The Hall–Kier alpha value is -1.62. The van der Waals surface area contributed by atoms with Crippen molar-refractivity contribution in [1.29, 1.82) is 0 Å². The molecule has 0 radical (unpaired) electrons. The molecule has 0 N–H and O–H groups in total. The summed E-state index contributed by atoms with van der Waals surface area (Å²) >= 11 is 6.06. The van der Waals surface area contributed by atoms with Gasteiger partial charge in [-0.05, 0) is 19.3 Å². The number of aromatic nitrogens is 3. The van der Waals surface area contributed by atoms with Crippen molar-refractivity contribution in [1.82, 2.24) is 14.4 Å². The van der Waals surface area contributed by atoms with Crippen LogP contribution in [0.2, 0.25) is 5.15 Å². The molecule has 20 heavy (non-hydrogen) atoms. The highest BCUT2D eigenvalue weighted by Crippen LogP contribution is 2.36. The number of carbonyl (C=O) groups is 1. The molecule has 6 heteroatoms. The van der Waals surface area contributed by atoms with Gasteiger partial charge in [0.1, 0.15) is 11.3 Å². The third-order valence-electron chi connectivity index (χ3n) is 4.01. The Kier molecular flexibility index (Phi) is 3.61. The van der Waals surface area contributed by atoms with Gasteiger partial charge in [0.25, 0.3) is 0 Å². The van der Waals surface area contributed by atoms with E-state index in [2.05, 4.69) is 9.97 Å². The van der Waals surface area contributed by atoms with E-state index in [1.807, 2.05) is 10.6 Å². The van der Waals surface area contributed by atoms with Crippen LogP contribution in [-0.2, 0) is 9.53 Å². The number of carbonyl (C=O) groups excluding carboxylic acids is 1. The molecule has 1 fully saturated rings. The number of hydrogen-bond acceptors (Lipinski definition) is 4. The molecule has 2 heterocycles. The van der Waals surface area contributed by atoms with E-state index in [9.17, 15) is 4.79 Å². The summed E-state index contributed by atoms with van der Waals surface area (Å²) in [6.45, 7) is 0. The van der Waals surface area contributed by atoms with Crippen molar-refractivity contribution in [3.05, 3.63) is 29.6 Å². The summed E-state index contributed by atoms with van der Waals surface area (Å²) in [7, 11) is 1.45. The molecule has 0 bridgehead atoms. The standard InChI is InChI=1S/C14H16ClN3O2/c1-20-14(19)10-4-2-3-9(7-10)13-17-8-11-12(15)16-5-6-18(11)13/h5-6,8-10H,2-4,7H2,1H3/t9-,10+/m0/s1. The summed E-state index contributed by atoms with van der Waals surface area (Å²) in [6.07, 6.45) is 9.00. The maximum Gasteiger partial charge on any atom is 0.308 e. The van der Waals surface area contributed by atoms with Crippen LogP contribution < -0.4 is 0 Å². The lowest BCUT2D eigenvalue weighted by molar-refractivity contribution is -0.146. The van der Waals surface area contributed by atoms with Gasteiger partial charge in [-0.15, -0.1) is 0 Å². The second-order valence-corrected chi connectivity index (χ2v) is 5.53. The van der Waals surface area contributed by atoms with Crippen molar-refractivity contribution >= 4 is 23.1 Å². The highest BCUT2D eigenvalue weighted by Gasteiger charge is 2.30. The summed E-state index contributed by atoms with van der Waals surface area (Å²) in [6, 6.07) is 0. The molecule has 0 aromatic carbocycles.